The summed E-state index contributed by atoms with van der Waals surface area (Å²) >= 11 is 7.05. The van der Waals surface area contributed by atoms with Gasteiger partial charge in [-0.1, -0.05) is 29.3 Å². The van der Waals surface area contributed by atoms with E-state index in [1.165, 1.54) is 17.5 Å². The number of halogens is 1. The smallest absolute Gasteiger partial charge is 0.247 e. The molecule has 0 aliphatic heterocycles. The lowest BCUT2D eigenvalue weighted by Gasteiger charge is -2.14. The summed E-state index contributed by atoms with van der Waals surface area (Å²) in [5, 5.41) is 3.61. The van der Waals surface area contributed by atoms with Crippen LogP contribution in [0.15, 0.2) is 30.5 Å². The first-order valence-corrected chi connectivity index (χ1v) is 6.49. The van der Waals surface area contributed by atoms with Crippen molar-refractivity contribution in [1.82, 2.24) is 4.98 Å². The van der Waals surface area contributed by atoms with Gasteiger partial charge in [-0.2, -0.15) is 0 Å². The van der Waals surface area contributed by atoms with E-state index in [1.807, 2.05) is 31.2 Å². The van der Waals surface area contributed by atoms with Gasteiger partial charge in [0.05, 0.1) is 6.20 Å². The Bertz CT molecular complexity index is 553. The molecular weight excluding hydrogens is 270 g/mol. The van der Waals surface area contributed by atoms with Crippen molar-refractivity contribution in [3.63, 3.8) is 0 Å². The first-order valence-electron chi connectivity index (χ1n) is 5.30. The average molecular weight is 282 g/mol. The highest BCUT2D eigenvalue weighted by atomic mass is 35.5. The molecule has 3 N–H and O–H groups in total. The fraction of sp³-hybridized carbons (Fsp3) is 0.167. The Balaban J connectivity index is 2.22. The van der Waals surface area contributed by atoms with Crippen molar-refractivity contribution >= 4 is 34.5 Å². The summed E-state index contributed by atoms with van der Waals surface area (Å²) in [5.41, 5.74) is 7.34. The molecule has 0 bridgehead atoms. The van der Waals surface area contributed by atoms with E-state index in [0.29, 0.717) is 9.34 Å². The van der Waals surface area contributed by atoms with E-state index in [2.05, 4.69) is 10.3 Å². The van der Waals surface area contributed by atoms with Gasteiger partial charge in [0.15, 0.2) is 6.04 Å². The van der Waals surface area contributed by atoms with E-state index in [0.717, 1.165) is 11.3 Å². The molecule has 4 nitrogen and oxygen atoms in total. The van der Waals surface area contributed by atoms with E-state index in [9.17, 15) is 4.79 Å². The number of carbonyl (C=O) groups excluding carboxylic acids is 1. The number of hydrogen-bond acceptors (Lipinski definition) is 4. The Labute approximate surface area is 114 Å². The van der Waals surface area contributed by atoms with E-state index in [4.69, 9.17) is 17.3 Å². The fourth-order valence-corrected chi connectivity index (χ4v) is 2.46. The number of primary amides is 1. The number of amides is 1. The number of nitrogens with zero attached hydrogens (tertiary/aromatic N) is 1. The van der Waals surface area contributed by atoms with Crippen molar-refractivity contribution in [2.24, 2.45) is 5.73 Å². The summed E-state index contributed by atoms with van der Waals surface area (Å²) in [6.45, 7) is 2.00. The minimum absolute atomic E-state index is 0.485. The zero-order valence-corrected chi connectivity index (χ0v) is 11.3. The number of anilines is 1. The molecule has 1 aromatic carbocycles. The van der Waals surface area contributed by atoms with E-state index >= 15 is 0 Å². The van der Waals surface area contributed by atoms with Crippen LogP contribution in [0.1, 0.15) is 16.6 Å². The lowest BCUT2D eigenvalue weighted by Crippen LogP contribution is -2.27. The molecule has 1 unspecified atom stereocenters. The van der Waals surface area contributed by atoms with Crippen molar-refractivity contribution in [2.45, 2.75) is 13.0 Å². The molecule has 1 heterocycles. The third-order valence-electron chi connectivity index (χ3n) is 2.39. The number of aromatic nitrogens is 1. The van der Waals surface area contributed by atoms with Crippen LogP contribution in [0.25, 0.3) is 0 Å². The van der Waals surface area contributed by atoms with Gasteiger partial charge in [0.2, 0.25) is 5.91 Å². The van der Waals surface area contributed by atoms with Crippen LogP contribution in [0.5, 0.6) is 0 Å². The second-order valence-electron chi connectivity index (χ2n) is 3.85. The summed E-state index contributed by atoms with van der Waals surface area (Å²) in [7, 11) is 0. The molecule has 0 spiro atoms. The molecule has 0 saturated carbocycles. The van der Waals surface area contributed by atoms with Gasteiger partial charge in [-0.25, -0.2) is 4.98 Å². The fourth-order valence-electron chi connectivity index (χ4n) is 1.47. The SMILES string of the molecule is Cc1ccc(NC(C(N)=O)c2ncc(Cl)s2)cc1. The van der Waals surface area contributed by atoms with Crippen LogP contribution in [0, 0.1) is 6.92 Å². The maximum Gasteiger partial charge on any atom is 0.247 e. The maximum absolute atomic E-state index is 11.5. The van der Waals surface area contributed by atoms with Crippen molar-refractivity contribution in [1.29, 1.82) is 0 Å². The summed E-state index contributed by atoms with van der Waals surface area (Å²) in [6, 6.07) is 7.02. The highest BCUT2D eigenvalue weighted by Gasteiger charge is 2.21. The van der Waals surface area contributed by atoms with Gasteiger partial charge in [-0.3, -0.25) is 4.79 Å². The molecular formula is C12H12ClN3OS. The Morgan fingerprint density at radius 3 is 2.61 bits per heavy atom. The highest BCUT2D eigenvalue weighted by Crippen LogP contribution is 2.26. The predicted molar refractivity (Wildman–Crippen MR) is 73.9 cm³/mol. The van der Waals surface area contributed by atoms with E-state index in [1.54, 1.807) is 0 Å². The maximum atomic E-state index is 11.5. The second kappa shape index (κ2) is 5.37. The van der Waals surface area contributed by atoms with Crippen molar-refractivity contribution < 1.29 is 4.79 Å². The van der Waals surface area contributed by atoms with E-state index < -0.39 is 11.9 Å². The molecule has 2 rings (SSSR count). The van der Waals surface area contributed by atoms with Crippen molar-refractivity contribution in [3.05, 3.63) is 45.4 Å². The number of benzene rings is 1. The third kappa shape index (κ3) is 3.00. The number of nitrogens with two attached hydrogens (primary N) is 1. The molecule has 0 fully saturated rings. The molecule has 18 heavy (non-hydrogen) atoms. The standard InChI is InChI=1S/C12H12ClN3OS/c1-7-2-4-8(5-3-7)16-10(11(14)17)12-15-6-9(13)18-12/h2-6,10,16H,1H3,(H2,14,17). The van der Waals surface area contributed by atoms with Crippen LogP contribution in [0.4, 0.5) is 5.69 Å². The van der Waals surface area contributed by atoms with Gasteiger partial charge < -0.3 is 11.1 Å². The first kappa shape index (κ1) is 12.9. The van der Waals surface area contributed by atoms with Crippen LogP contribution in [-0.4, -0.2) is 10.9 Å². The van der Waals surface area contributed by atoms with Crippen molar-refractivity contribution in [3.8, 4) is 0 Å². The van der Waals surface area contributed by atoms with Gasteiger partial charge in [0.25, 0.3) is 0 Å². The Kier molecular flexibility index (Phi) is 3.84. The number of rotatable bonds is 4. The topological polar surface area (TPSA) is 68.0 Å². The third-order valence-corrected chi connectivity index (χ3v) is 3.57. The molecule has 1 aromatic heterocycles. The van der Waals surface area contributed by atoms with Crippen molar-refractivity contribution in [2.75, 3.05) is 5.32 Å². The molecule has 1 amide bonds. The first-order chi connectivity index (χ1) is 8.56. The minimum atomic E-state index is -0.662. The zero-order valence-electron chi connectivity index (χ0n) is 9.68. The quantitative estimate of drug-likeness (QED) is 0.905. The van der Waals surface area contributed by atoms with Gasteiger partial charge in [-0.15, -0.1) is 11.3 Å². The van der Waals surface area contributed by atoms with Crippen LogP contribution >= 0.6 is 22.9 Å². The van der Waals surface area contributed by atoms with Gasteiger partial charge >= 0.3 is 0 Å². The van der Waals surface area contributed by atoms with Crippen LogP contribution in [-0.2, 0) is 4.79 Å². The highest BCUT2D eigenvalue weighted by molar-refractivity contribution is 7.16. The normalized spacial score (nSPS) is 12.1. The lowest BCUT2D eigenvalue weighted by atomic mass is 10.2. The summed E-state index contributed by atoms with van der Waals surface area (Å²) in [6.07, 6.45) is 1.51. The second-order valence-corrected chi connectivity index (χ2v) is 5.54. The molecule has 0 saturated heterocycles. The molecule has 6 heteroatoms. The number of aryl methyl sites for hydroxylation is 1. The summed E-state index contributed by atoms with van der Waals surface area (Å²) in [5.74, 6) is -0.485. The Morgan fingerprint density at radius 1 is 1.44 bits per heavy atom. The summed E-state index contributed by atoms with van der Waals surface area (Å²) < 4.78 is 0.530. The van der Waals surface area contributed by atoms with Crippen LogP contribution in [0.3, 0.4) is 0 Å². The van der Waals surface area contributed by atoms with Gasteiger partial charge in [0.1, 0.15) is 9.34 Å². The molecule has 0 aliphatic rings. The monoisotopic (exact) mass is 281 g/mol. The largest absolute Gasteiger partial charge is 0.368 e. The molecule has 1 atom stereocenters. The van der Waals surface area contributed by atoms with Gasteiger partial charge in [0, 0.05) is 5.69 Å². The molecule has 0 radical (unpaired) electrons. The Hall–Kier alpha value is -1.59. The van der Waals surface area contributed by atoms with Crippen LogP contribution < -0.4 is 11.1 Å². The number of thiazole rings is 1. The van der Waals surface area contributed by atoms with E-state index in [-0.39, 0.29) is 0 Å². The zero-order chi connectivity index (χ0) is 13.1. The van der Waals surface area contributed by atoms with Crippen LogP contribution in [0.2, 0.25) is 4.34 Å². The lowest BCUT2D eigenvalue weighted by molar-refractivity contribution is -0.118. The Morgan fingerprint density at radius 2 is 2.11 bits per heavy atom. The molecule has 0 aliphatic carbocycles. The summed E-state index contributed by atoms with van der Waals surface area (Å²) in [4.78, 5) is 15.5. The minimum Gasteiger partial charge on any atom is -0.368 e. The number of carbonyl (C=O) groups is 1. The molecule has 2 aromatic rings. The molecule has 94 valence electrons. The van der Waals surface area contributed by atoms with Gasteiger partial charge in [-0.05, 0) is 19.1 Å². The number of hydrogen-bond donors (Lipinski definition) is 2. The predicted octanol–water partition coefficient (Wildman–Crippen LogP) is 2.74. The number of nitrogens with one attached hydrogen (secondary N) is 1. The average Bonchev–Trinajstić information content (AvgIpc) is 2.74.